The normalized spacial score (nSPS) is 12.9. The molecule has 0 N–H and O–H groups in total. The van der Waals surface area contributed by atoms with Crippen molar-refractivity contribution >= 4 is 59.7 Å². The molecule has 8 aromatic carbocycles. The van der Waals surface area contributed by atoms with E-state index in [1.54, 1.807) is 0 Å². The Morgan fingerprint density at radius 3 is 1.74 bits per heavy atom. The van der Waals surface area contributed by atoms with Crippen LogP contribution in [0.2, 0.25) is 0 Å². The molecule has 10 aromatic rings. The highest BCUT2D eigenvalue weighted by molar-refractivity contribution is 6.28. The maximum Gasteiger partial charge on any atom is 0.164 e. The summed E-state index contributed by atoms with van der Waals surface area (Å²) in [4.78, 5) is 15.5. The van der Waals surface area contributed by atoms with Crippen molar-refractivity contribution in [3.8, 4) is 28.5 Å². The Balaban J connectivity index is 1.14. The molecule has 248 valence electrons. The highest BCUT2D eigenvalue weighted by Crippen LogP contribution is 2.43. The third-order valence-electron chi connectivity index (χ3n) is 10.9. The molecule has 4 nitrogen and oxygen atoms in total. The van der Waals surface area contributed by atoms with E-state index in [0.717, 1.165) is 34.9 Å². The Kier molecular flexibility index (Phi) is 6.65. The van der Waals surface area contributed by atoms with Gasteiger partial charge in [0.1, 0.15) is 0 Å². The highest BCUT2D eigenvalue weighted by Gasteiger charge is 2.24. The topological polar surface area (TPSA) is 43.6 Å². The Labute approximate surface area is 306 Å². The number of nitrogens with zero attached hydrogens (tertiary/aromatic N) is 4. The lowest BCUT2D eigenvalue weighted by atomic mass is 9.88. The lowest BCUT2D eigenvalue weighted by molar-refractivity contribution is 0.942. The molecule has 0 radical (unpaired) electrons. The van der Waals surface area contributed by atoms with E-state index in [1.165, 1.54) is 65.6 Å². The number of hydrogen-bond acceptors (Lipinski definition) is 3. The van der Waals surface area contributed by atoms with Crippen LogP contribution in [-0.2, 0) is 6.42 Å². The molecule has 11 rings (SSSR count). The molecule has 0 atom stereocenters. The van der Waals surface area contributed by atoms with Crippen molar-refractivity contribution in [2.24, 2.45) is 0 Å². The molecule has 0 saturated carbocycles. The van der Waals surface area contributed by atoms with Gasteiger partial charge in [0.2, 0.25) is 0 Å². The average molecular weight is 677 g/mol. The van der Waals surface area contributed by atoms with E-state index in [2.05, 4.69) is 156 Å². The van der Waals surface area contributed by atoms with Gasteiger partial charge in [0, 0.05) is 33.2 Å². The van der Waals surface area contributed by atoms with E-state index in [9.17, 15) is 0 Å². The van der Waals surface area contributed by atoms with Crippen LogP contribution in [0.1, 0.15) is 23.4 Å². The molecule has 0 aliphatic heterocycles. The highest BCUT2D eigenvalue weighted by atomic mass is 15.0. The first-order valence-corrected chi connectivity index (χ1v) is 18.3. The third-order valence-corrected chi connectivity index (χ3v) is 10.9. The molecule has 0 bridgehead atoms. The zero-order valence-corrected chi connectivity index (χ0v) is 28.9. The van der Waals surface area contributed by atoms with Gasteiger partial charge in [0.25, 0.3) is 0 Å². The smallest absolute Gasteiger partial charge is 0.164 e. The lowest BCUT2D eigenvalue weighted by Gasteiger charge is -2.22. The minimum Gasteiger partial charge on any atom is -0.309 e. The van der Waals surface area contributed by atoms with Gasteiger partial charge < -0.3 is 4.57 Å². The minimum atomic E-state index is 0.670. The molecule has 0 fully saturated rings. The molecule has 53 heavy (non-hydrogen) atoms. The first-order chi connectivity index (χ1) is 26.3. The Morgan fingerprint density at radius 1 is 0.434 bits per heavy atom. The van der Waals surface area contributed by atoms with Crippen LogP contribution < -0.4 is 0 Å². The van der Waals surface area contributed by atoms with Crippen molar-refractivity contribution in [1.29, 1.82) is 0 Å². The van der Waals surface area contributed by atoms with Gasteiger partial charge in [-0.25, -0.2) is 15.0 Å². The molecular formula is C49H32N4. The number of aromatic nitrogens is 4. The van der Waals surface area contributed by atoms with E-state index in [0.29, 0.717) is 17.5 Å². The number of rotatable bonds is 4. The summed E-state index contributed by atoms with van der Waals surface area (Å²) >= 11 is 0. The zero-order chi connectivity index (χ0) is 34.9. The summed E-state index contributed by atoms with van der Waals surface area (Å²) in [5, 5.41) is 9.99. The average Bonchev–Trinajstić information content (AvgIpc) is 3.58. The second-order valence-electron chi connectivity index (χ2n) is 13.9. The van der Waals surface area contributed by atoms with E-state index in [1.807, 2.05) is 18.2 Å². The van der Waals surface area contributed by atoms with Gasteiger partial charge in [0.15, 0.2) is 17.5 Å². The van der Waals surface area contributed by atoms with Crippen molar-refractivity contribution in [3.63, 3.8) is 0 Å². The van der Waals surface area contributed by atoms with E-state index in [-0.39, 0.29) is 0 Å². The lowest BCUT2D eigenvalue weighted by Crippen LogP contribution is -2.10. The Bertz CT molecular complexity index is 3020. The molecule has 4 heteroatoms. The van der Waals surface area contributed by atoms with Crippen LogP contribution in [0.5, 0.6) is 0 Å². The number of fused-ring (bicyclic) bond motifs is 9. The first kappa shape index (κ1) is 29.8. The summed E-state index contributed by atoms with van der Waals surface area (Å²) in [5.41, 5.74) is 9.08. The molecule has 0 amide bonds. The van der Waals surface area contributed by atoms with Crippen LogP contribution >= 0.6 is 0 Å². The van der Waals surface area contributed by atoms with Crippen molar-refractivity contribution in [2.75, 3.05) is 0 Å². The SMILES string of the molecule is C1=C(c2nc(-c3ccccc3)nc(-c3ccc4ccccc4c3)n2)c2cccc(-n3c4ccc5ccccc5c4c4c5ccccc5ccc43)c2CC1. The van der Waals surface area contributed by atoms with Crippen LogP contribution in [0.4, 0.5) is 0 Å². The van der Waals surface area contributed by atoms with Crippen LogP contribution in [0, 0.1) is 0 Å². The van der Waals surface area contributed by atoms with E-state index >= 15 is 0 Å². The predicted molar refractivity (Wildman–Crippen MR) is 219 cm³/mol. The minimum absolute atomic E-state index is 0.670. The first-order valence-electron chi connectivity index (χ1n) is 18.3. The van der Waals surface area contributed by atoms with E-state index < -0.39 is 0 Å². The summed E-state index contributed by atoms with van der Waals surface area (Å²) in [6.07, 6.45) is 4.12. The molecule has 2 heterocycles. The van der Waals surface area contributed by atoms with Gasteiger partial charge in [-0.15, -0.1) is 0 Å². The summed E-state index contributed by atoms with van der Waals surface area (Å²) in [6.45, 7) is 0. The largest absolute Gasteiger partial charge is 0.309 e. The summed E-state index contributed by atoms with van der Waals surface area (Å²) < 4.78 is 2.49. The van der Waals surface area contributed by atoms with Gasteiger partial charge >= 0.3 is 0 Å². The monoisotopic (exact) mass is 676 g/mol. The molecule has 1 aliphatic rings. The van der Waals surface area contributed by atoms with Crippen molar-refractivity contribution in [3.05, 3.63) is 187 Å². The Morgan fingerprint density at radius 2 is 1.02 bits per heavy atom. The molecule has 1 aliphatic carbocycles. The summed E-state index contributed by atoms with van der Waals surface area (Å²) in [7, 11) is 0. The fourth-order valence-electron chi connectivity index (χ4n) is 8.46. The third kappa shape index (κ3) is 4.73. The fourth-order valence-corrected chi connectivity index (χ4v) is 8.46. The molecular weight excluding hydrogens is 645 g/mol. The van der Waals surface area contributed by atoms with Gasteiger partial charge in [-0.1, -0.05) is 146 Å². The molecule has 0 saturated heterocycles. The fraction of sp³-hybridized carbons (Fsp3) is 0.0408. The van der Waals surface area contributed by atoms with Gasteiger partial charge in [-0.3, -0.25) is 0 Å². The Hall–Kier alpha value is -6.91. The maximum absolute atomic E-state index is 5.22. The van der Waals surface area contributed by atoms with Gasteiger partial charge in [-0.05, 0) is 80.6 Å². The molecule has 0 unspecified atom stereocenters. The van der Waals surface area contributed by atoms with Gasteiger partial charge in [-0.2, -0.15) is 0 Å². The zero-order valence-electron chi connectivity index (χ0n) is 28.9. The van der Waals surface area contributed by atoms with Crippen molar-refractivity contribution in [1.82, 2.24) is 19.5 Å². The second kappa shape index (κ2) is 11.8. The number of benzene rings is 8. The standard InChI is InChI=1S/C49H32N4/c1-2-15-34(16-3-1)47-50-48(36-25-24-31-12-4-5-17-35(31)30-36)52-49(51-47)41-22-10-21-40-39(41)20-11-23-42(40)53-43-28-26-32-13-6-8-18-37(32)45(43)46-38-19-9-7-14-33(38)27-29-44(46)53/h1-9,11-20,22-30H,10,21H2. The summed E-state index contributed by atoms with van der Waals surface area (Å²) in [5.74, 6) is 2.04. The second-order valence-corrected chi connectivity index (χ2v) is 13.9. The molecule has 0 spiro atoms. The van der Waals surface area contributed by atoms with Crippen LogP contribution in [0.15, 0.2) is 170 Å². The van der Waals surface area contributed by atoms with Crippen LogP contribution in [0.3, 0.4) is 0 Å². The quantitative estimate of drug-likeness (QED) is 0.186. The number of hydrogen-bond donors (Lipinski definition) is 0. The van der Waals surface area contributed by atoms with E-state index in [4.69, 9.17) is 15.0 Å². The van der Waals surface area contributed by atoms with Crippen LogP contribution in [0.25, 0.3) is 88.2 Å². The summed E-state index contributed by atoms with van der Waals surface area (Å²) in [6, 6.07) is 58.5. The molecule has 2 aromatic heterocycles. The van der Waals surface area contributed by atoms with Crippen molar-refractivity contribution in [2.45, 2.75) is 12.8 Å². The maximum atomic E-state index is 5.22. The van der Waals surface area contributed by atoms with Crippen molar-refractivity contribution < 1.29 is 0 Å². The number of allylic oxidation sites excluding steroid dienone is 1. The van der Waals surface area contributed by atoms with Gasteiger partial charge in [0.05, 0.1) is 11.0 Å². The predicted octanol–water partition coefficient (Wildman–Crippen LogP) is 12.1. The van der Waals surface area contributed by atoms with Crippen LogP contribution in [-0.4, -0.2) is 19.5 Å².